The Morgan fingerprint density at radius 3 is 2.43 bits per heavy atom. The lowest BCUT2D eigenvalue weighted by atomic mass is 9.72. The van der Waals surface area contributed by atoms with Crippen molar-refractivity contribution in [3.8, 4) is 0 Å². The van der Waals surface area contributed by atoms with Crippen LogP contribution in [-0.4, -0.2) is 19.5 Å². The van der Waals surface area contributed by atoms with Crippen LogP contribution in [0.15, 0.2) is 12.2 Å². The normalized spacial score (nSPS) is 33.4. The summed E-state index contributed by atoms with van der Waals surface area (Å²) < 4.78 is 66.6. The van der Waals surface area contributed by atoms with Gasteiger partial charge in [0.25, 0.3) is 0 Å². The van der Waals surface area contributed by atoms with Crippen molar-refractivity contribution in [1.82, 2.24) is 0 Å². The smallest absolute Gasteiger partial charge is 0.252 e. The molecule has 0 heterocycles. The van der Waals surface area contributed by atoms with Gasteiger partial charge in [-0.3, -0.25) is 4.18 Å². The van der Waals surface area contributed by atoms with Crippen LogP contribution in [0.3, 0.4) is 0 Å². The average molecular weight is 354 g/mol. The van der Waals surface area contributed by atoms with Gasteiger partial charge in [0, 0.05) is 0 Å². The molecule has 2 fully saturated rings. The molecule has 7 heteroatoms. The van der Waals surface area contributed by atoms with Crippen molar-refractivity contribution in [2.75, 3.05) is 0 Å². The summed E-state index contributed by atoms with van der Waals surface area (Å²) in [7, 11) is -5.63. The lowest BCUT2D eigenvalue weighted by molar-refractivity contribution is -0.0650. The minimum Gasteiger partial charge on any atom is -0.252 e. The highest BCUT2D eigenvalue weighted by Gasteiger charge is 2.67. The average Bonchev–Trinajstić information content (AvgIpc) is 2.81. The third-order valence-corrected chi connectivity index (χ3v) is 6.87. The topological polar surface area (TPSA) is 43.4 Å². The second-order valence-corrected chi connectivity index (χ2v) is 8.86. The number of hydrogen-bond donors (Lipinski definition) is 0. The minimum atomic E-state index is -5.63. The number of halogens is 3. The molecule has 3 nitrogen and oxygen atoms in total. The lowest BCUT2D eigenvalue weighted by Gasteiger charge is -2.37. The van der Waals surface area contributed by atoms with Crippen molar-refractivity contribution in [2.24, 2.45) is 17.3 Å². The summed E-state index contributed by atoms with van der Waals surface area (Å²) in [5.41, 5.74) is -6.71. The molecule has 2 saturated carbocycles. The number of hydrogen-bond acceptors (Lipinski definition) is 3. The van der Waals surface area contributed by atoms with Crippen LogP contribution in [0.25, 0.3) is 0 Å². The van der Waals surface area contributed by atoms with Crippen LogP contribution in [0.5, 0.6) is 0 Å². The fourth-order valence-electron chi connectivity index (χ4n) is 4.53. The van der Waals surface area contributed by atoms with Crippen LogP contribution in [-0.2, 0) is 14.3 Å². The Bertz CT molecular complexity index is 580. The Hall–Kier alpha value is -0.560. The van der Waals surface area contributed by atoms with E-state index in [9.17, 15) is 21.6 Å². The molecular weight excluding hydrogens is 329 g/mol. The van der Waals surface area contributed by atoms with Gasteiger partial charge in [-0.1, -0.05) is 46.6 Å². The molecule has 2 aliphatic rings. The zero-order chi connectivity index (χ0) is 17.7. The van der Waals surface area contributed by atoms with E-state index in [0.717, 1.165) is 19.3 Å². The van der Waals surface area contributed by atoms with E-state index >= 15 is 0 Å². The van der Waals surface area contributed by atoms with Gasteiger partial charge in [-0.25, -0.2) is 0 Å². The maximum atomic E-state index is 12.8. The molecule has 2 bridgehead atoms. The monoisotopic (exact) mass is 354 g/mol. The highest BCUT2D eigenvalue weighted by atomic mass is 32.2. The Labute approximate surface area is 136 Å². The number of alkyl halides is 3. The standard InChI is InChI=1S/C16H25F3O3S/c1-5-6-7-8-13-12-9-10-15(13,11(2)14(12,3)4)22-23(20,21)16(17,18)19/h12-13H,2,5-10H2,1,3-4H3/t12-,13-,15+/m1/s1. The largest absolute Gasteiger partial charge is 0.523 e. The van der Waals surface area contributed by atoms with Crippen molar-refractivity contribution >= 4 is 10.1 Å². The lowest BCUT2D eigenvalue weighted by Crippen LogP contribution is -2.43. The van der Waals surface area contributed by atoms with Crippen LogP contribution in [0.4, 0.5) is 13.2 Å². The van der Waals surface area contributed by atoms with E-state index in [0.29, 0.717) is 24.8 Å². The minimum absolute atomic E-state index is 0.121. The molecule has 0 saturated heterocycles. The molecule has 0 aromatic rings. The molecule has 0 radical (unpaired) electrons. The SMILES string of the molecule is C=C1C(C)(C)[C@@H]2CC[C@@]1(OS(=O)(=O)C(F)(F)F)[C@@H]2CCCCC. The van der Waals surface area contributed by atoms with Crippen molar-refractivity contribution in [3.63, 3.8) is 0 Å². The zero-order valence-electron chi connectivity index (χ0n) is 13.9. The van der Waals surface area contributed by atoms with Gasteiger partial charge in [0.15, 0.2) is 0 Å². The van der Waals surface area contributed by atoms with Gasteiger partial charge < -0.3 is 0 Å². The first-order chi connectivity index (χ1) is 10.4. The fourth-order valence-corrected chi connectivity index (χ4v) is 5.33. The van der Waals surface area contributed by atoms with Crippen LogP contribution in [0.1, 0.15) is 59.3 Å². The third kappa shape index (κ3) is 2.84. The molecule has 0 amide bonds. The molecule has 0 N–H and O–H groups in total. The number of rotatable bonds is 6. The molecule has 134 valence electrons. The molecule has 0 unspecified atom stereocenters. The van der Waals surface area contributed by atoms with Gasteiger partial charge in [-0.2, -0.15) is 21.6 Å². The molecule has 2 rings (SSSR count). The Morgan fingerprint density at radius 2 is 1.91 bits per heavy atom. The van der Waals surface area contributed by atoms with E-state index in [1.807, 2.05) is 20.8 Å². The summed E-state index contributed by atoms with van der Waals surface area (Å²) in [4.78, 5) is 0. The van der Waals surface area contributed by atoms with Gasteiger partial charge in [-0.15, -0.1) is 0 Å². The second-order valence-electron chi connectivity index (χ2n) is 7.32. The van der Waals surface area contributed by atoms with Crippen LogP contribution < -0.4 is 0 Å². The summed E-state index contributed by atoms with van der Waals surface area (Å²) in [5, 5.41) is 0. The van der Waals surface area contributed by atoms with Crippen LogP contribution >= 0.6 is 0 Å². The summed E-state index contributed by atoms with van der Waals surface area (Å²) in [6.45, 7) is 9.85. The predicted molar refractivity (Wildman–Crippen MR) is 82.1 cm³/mol. The second kappa shape index (κ2) is 5.76. The fraction of sp³-hybridized carbons (Fsp3) is 0.875. The molecule has 0 aromatic heterocycles. The van der Waals surface area contributed by atoms with E-state index in [1.54, 1.807) is 0 Å². The third-order valence-electron chi connectivity index (χ3n) is 5.79. The van der Waals surface area contributed by atoms with E-state index in [-0.39, 0.29) is 11.8 Å². The molecule has 3 atom stereocenters. The molecule has 23 heavy (non-hydrogen) atoms. The van der Waals surface area contributed by atoms with E-state index < -0.39 is 26.6 Å². The van der Waals surface area contributed by atoms with Gasteiger partial charge >= 0.3 is 15.6 Å². The van der Waals surface area contributed by atoms with Gasteiger partial charge in [0.05, 0.1) is 0 Å². The maximum absolute atomic E-state index is 12.8. The van der Waals surface area contributed by atoms with Crippen molar-refractivity contribution in [3.05, 3.63) is 12.2 Å². The van der Waals surface area contributed by atoms with Crippen LogP contribution in [0.2, 0.25) is 0 Å². The Morgan fingerprint density at radius 1 is 1.30 bits per heavy atom. The molecular formula is C16H25F3O3S. The number of unbranched alkanes of at least 4 members (excludes halogenated alkanes) is 2. The summed E-state index contributed by atoms with van der Waals surface area (Å²) in [6, 6.07) is 0. The van der Waals surface area contributed by atoms with Crippen molar-refractivity contribution < 1.29 is 25.8 Å². The van der Waals surface area contributed by atoms with Gasteiger partial charge in [0.2, 0.25) is 0 Å². The van der Waals surface area contributed by atoms with Crippen LogP contribution in [0, 0.1) is 17.3 Å². The van der Waals surface area contributed by atoms with Crippen molar-refractivity contribution in [1.29, 1.82) is 0 Å². The van der Waals surface area contributed by atoms with E-state index in [2.05, 4.69) is 6.58 Å². The van der Waals surface area contributed by atoms with Gasteiger partial charge in [-0.05, 0) is 42.1 Å². The van der Waals surface area contributed by atoms with Gasteiger partial charge in [0.1, 0.15) is 5.60 Å². The first kappa shape index (κ1) is 18.8. The highest BCUT2D eigenvalue weighted by molar-refractivity contribution is 7.87. The summed E-state index contributed by atoms with van der Waals surface area (Å²) in [5.74, 6) is -0.0936. The molecule has 0 aliphatic heterocycles. The molecule has 2 aliphatic carbocycles. The Balaban J connectivity index is 2.37. The summed E-state index contributed by atoms with van der Waals surface area (Å²) >= 11 is 0. The zero-order valence-corrected chi connectivity index (χ0v) is 14.7. The highest BCUT2D eigenvalue weighted by Crippen LogP contribution is 2.67. The Kier molecular flexibility index (Phi) is 4.70. The molecule has 0 spiro atoms. The predicted octanol–water partition coefficient (Wildman–Crippen LogP) is 4.79. The quantitative estimate of drug-likeness (QED) is 0.298. The van der Waals surface area contributed by atoms with E-state index in [4.69, 9.17) is 4.18 Å². The first-order valence-corrected chi connectivity index (χ1v) is 9.52. The van der Waals surface area contributed by atoms with E-state index in [1.165, 1.54) is 0 Å². The maximum Gasteiger partial charge on any atom is 0.523 e. The van der Waals surface area contributed by atoms with Crippen molar-refractivity contribution in [2.45, 2.75) is 70.4 Å². The number of fused-ring (bicyclic) bond motifs is 2. The summed E-state index contributed by atoms with van der Waals surface area (Å²) in [6.07, 6.45) is 4.48. The first-order valence-electron chi connectivity index (χ1n) is 8.12. The molecule has 0 aromatic carbocycles.